The van der Waals surface area contributed by atoms with Gasteiger partial charge in [0.1, 0.15) is 17.6 Å². The van der Waals surface area contributed by atoms with E-state index in [2.05, 4.69) is 4.98 Å². The van der Waals surface area contributed by atoms with Gasteiger partial charge in [0.05, 0.1) is 19.5 Å². The van der Waals surface area contributed by atoms with Gasteiger partial charge in [-0.15, -0.1) is 0 Å². The molecular weight excluding hydrogens is 416 g/mol. The molecule has 1 aromatic carbocycles. The van der Waals surface area contributed by atoms with Gasteiger partial charge in [0.2, 0.25) is 11.8 Å². The van der Waals surface area contributed by atoms with E-state index < -0.39 is 5.54 Å². The zero-order valence-corrected chi connectivity index (χ0v) is 18.7. The number of anilines is 1. The quantitative estimate of drug-likeness (QED) is 0.588. The molecule has 1 aromatic heterocycles. The highest BCUT2D eigenvalue weighted by Crippen LogP contribution is 2.32. The third kappa shape index (κ3) is 5.11. The molecule has 1 saturated heterocycles. The van der Waals surface area contributed by atoms with Crippen LogP contribution in [-0.2, 0) is 20.9 Å². The van der Waals surface area contributed by atoms with Crippen molar-refractivity contribution in [1.29, 1.82) is 0 Å². The van der Waals surface area contributed by atoms with Gasteiger partial charge in [-0.3, -0.25) is 19.4 Å². The normalized spacial score (nSPS) is 18.6. The molecule has 1 aliphatic rings. The van der Waals surface area contributed by atoms with Crippen LogP contribution in [0.4, 0.5) is 5.82 Å². The van der Waals surface area contributed by atoms with E-state index in [9.17, 15) is 14.4 Å². The topological polar surface area (TPSA) is 73.8 Å². The van der Waals surface area contributed by atoms with Crippen molar-refractivity contribution in [2.75, 3.05) is 25.0 Å². The monoisotopic (exact) mass is 442 g/mol. The number of halogens is 1. The molecular formula is C23H27ClN4O3. The van der Waals surface area contributed by atoms with Crippen LogP contribution in [0, 0.1) is 0 Å². The van der Waals surface area contributed by atoms with Crippen LogP contribution in [0.3, 0.4) is 0 Å². The van der Waals surface area contributed by atoms with Crippen molar-refractivity contribution in [3.63, 3.8) is 0 Å². The maximum atomic E-state index is 13.4. The molecule has 2 amide bonds. The van der Waals surface area contributed by atoms with E-state index >= 15 is 0 Å². The van der Waals surface area contributed by atoms with Gasteiger partial charge >= 0.3 is 0 Å². The lowest BCUT2D eigenvalue weighted by Crippen LogP contribution is -2.56. The molecule has 1 fully saturated rings. The highest BCUT2D eigenvalue weighted by atomic mass is 35.5. The first kappa shape index (κ1) is 22.9. The van der Waals surface area contributed by atoms with Crippen LogP contribution < -0.4 is 4.90 Å². The molecule has 2 aromatic rings. The minimum absolute atomic E-state index is 0.0665. The fourth-order valence-corrected chi connectivity index (χ4v) is 3.69. The van der Waals surface area contributed by atoms with Gasteiger partial charge < -0.3 is 9.69 Å². The van der Waals surface area contributed by atoms with Gasteiger partial charge in [-0.05, 0) is 50.7 Å². The summed E-state index contributed by atoms with van der Waals surface area (Å²) in [4.78, 5) is 47.8. The van der Waals surface area contributed by atoms with E-state index in [0.717, 1.165) is 11.8 Å². The van der Waals surface area contributed by atoms with Gasteiger partial charge in [-0.1, -0.05) is 29.8 Å². The SMILES string of the molecule is CC(C)N(C)CC(=O)N(Cc1ccc(Cl)cc1)C1(C=O)CC(=O)N(c2ccccn2)C1. The summed E-state index contributed by atoms with van der Waals surface area (Å²) in [7, 11) is 1.86. The van der Waals surface area contributed by atoms with Crippen molar-refractivity contribution in [2.24, 2.45) is 0 Å². The minimum Gasteiger partial charge on any atom is -0.322 e. The predicted octanol–water partition coefficient (Wildman–Crippen LogP) is 2.78. The van der Waals surface area contributed by atoms with E-state index in [0.29, 0.717) is 10.8 Å². The number of benzene rings is 1. The number of carbonyl (C=O) groups is 3. The van der Waals surface area contributed by atoms with Crippen LogP contribution in [0.1, 0.15) is 25.8 Å². The second-order valence-electron chi connectivity index (χ2n) is 8.18. The summed E-state index contributed by atoms with van der Waals surface area (Å²) >= 11 is 6.00. The van der Waals surface area contributed by atoms with Gasteiger partial charge in [-0.25, -0.2) is 4.98 Å². The zero-order valence-electron chi connectivity index (χ0n) is 18.0. The lowest BCUT2D eigenvalue weighted by Gasteiger charge is -2.38. The molecule has 0 spiro atoms. The molecule has 31 heavy (non-hydrogen) atoms. The zero-order chi connectivity index (χ0) is 22.6. The molecule has 1 atom stereocenters. The predicted molar refractivity (Wildman–Crippen MR) is 120 cm³/mol. The number of rotatable bonds is 8. The van der Waals surface area contributed by atoms with Gasteiger partial charge in [0.15, 0.2) is 0 Å². The Hall–Kier alpha value is -2.77. The second kappa shape index (κ2) is 9.58. The number of nitrogens with zero attached hydrogens (tertiary/aromatic N) is 4. The molecule has 0 saturated carbocycles. The molecule has 2 heterocycles. The van der Waals surface area contributed by atoms with Crippen LogP contribution in [-0.4, -0.2) is 64.6 Å². The number of carbonyl (C=O) groups excluding carboxylic acids is 3. The largest absolute Gasteiger partial charge is 0.322 e. The van der Waals surface area contributed by atoms with E-state index in [1.165, 1.54) is 9.80 Å². The fourth-order valence-electron chi connectivity index (χ4n) is 3.57. The second-order valence-corrected chi connectivity index (χ2v) is 8.62. The summed E-state index contributed by atoms with van der Waals surface area (Å²) < 4.78 is 0. The number of likely N-dealkylation sites (N-methyl/N-ethyl adjacent to an activating group) is 1. The fraction of sp³-hybridized carbons (Fsp3) is 0.391. The summed E-state index contributed by atoms with van der Waals surface area (Å²) in [5, 5.41) is 0.587. The Morgan fingerprint density at radius 3 is 2.55 bits per heavy atom. The summed E-state index contributed by atoms with van der Waals surface area (Å²) in [5.41, 5.74) is -0.446. The minimum atomic E-state index is -1.27. The number of hydrogen-bond donors (Lipinski definition) is 0. The van der Waals surface area contributed by atoms with Crippen molar-refractivity contribution in [3.05, 3.63) is 59.2 Å². The first-order valence-electron chi connectivity index (χ1n) is 10.2. The molecule has 0 radical (unpaired) electrons. The maximum Gasteiger partial charge on any atom is 0.237 e. The number of aldehydes is 1. The van der Waals surface area contributed by atoms with Crippen molar-refractivity contribution in [3.8, 4) is 0 Å². The van der Waals surface area contributed by atoms with Crippen molar-refractivity contribution < 1.29 is 14.4 Å². The molecule has 3 rings (SSSR count). The van der Waals surface area contributed by atoms with Crippen LogP contribution in [0.5, 0.6) is 0 Å². The highest BCUT2D eigenvalue weighted by Gasteiger charge is 2.50. The van der Waals surface area contributed by atoms with Crippen molar-refractivity contribution in [1.82, 2.24) is 14.8 Å². The Kier molecular flexibility index (Phi) is 7.08. The third-order valence-corrected chi connectivity index (χ3v) is 5.95. The lowest BCUT2D eigenvalue weighted by atomic mass is 9.96. The Morgan fingerprint density at radius 1 is 1.26 bits per heavy atom. The molecule has 8 heteroatoms. The average molecular weight is 443 g/mol. The first-order valence-corrected chi connectivity index (χ1v) is 10.6. The third-order valence-electron chi connectivity index (χ3n) is 5.69. The maximum absolute atomic E-state index is 13.4. The number of hydrogen-bond acceptors (Lipinski definition) is 5. The highest BCUT2D eigenvalue weighted by molar-refractivity contribution is 6.30. The molecule has 0 N–H and O–H groups in total. The molecule has 0 bridgehead atoms. The number of amides is 2. The summed E-state index contributed by atoms with van der Waals surface area (Å²) in [6.45, 7) is 4.39. The average Bonchev–Trinajstić information content (AvgIpc) is 3.11. The van der Waals surface area contributed by atoms with Crippen LogP contribution >= 0.6 is 11.6 Å². The molecule has 1 aliphatic heterocycles. The van der Waals surface area contributed by atoms with E-state index in [4.69, 9.17) is 11.6 Å². The molecule has 164 valence electrons. The smallest absolute Gasteiger partial charge is 0.237 e. The van der Waals surface area contributed by atoms with Gasteiger partial charge in [-0.2, -0.15) is 0 Å². The van der Waals surface area contributed by atoms with Crippen molar-refractivity contribution in [2.45, 2.75) is 38.4 Å². The van der Waals surface area contributed by atoms with Crippen LogP contribution in [0.15, 0.2) is 48.7 Å². The standard InChI is InChI=1S/C23H27ClN4O3/c1-17(2)26(3)14-22(31)28(13-18-7-9-19(24)10-8-18)23(16-29)12-21(30)27(15-23)20-6-4-5-11-25-20/h4-11,16-17H,12-15H2,1-3H3. The summed E-state index contributed by atoms with van der Waals surface area (Å²) in [6.07, 6.45) is 2.24. The first-order chi connectivity index (χ1) is 14.8. The van der Waals surface area contributed by atoms with Gasteiger partial charge in [0.25, 0.3) is 0 Å². The van der Waals surface area contributed by atoms with E-state index in [1.807, 2.05) is 37.9 Å². The lowest BCUT2D eigenvalue weighted by molar-refractivity contribution is -0.143. The Bertz CT molecular complexity index is 936. The Morgan fingerprint density at radius 2 is 1.97 bits per heavy atom. The van der Waals surface area contributed by atoms with Crippen molar-refractivity contribution >= 4 is 35.5 Å². The molecule has 0 aliphatic carbocycles. The number of pyridine rings is 1. The van der Waals surface area contributed by atoms with Crippen LogP contribution in [0.25, 0.3) is 0 Å². The van der Waals surface area contributed by atoms with Crippen LogP contribution in [0.2, 0.25) is 5.02 Å². The summed E-state index contributed by atoms with van der Waals surface area (Å²) in [5.74, 6) is 0.0141. The Labute approximate surface area is 187 Å². The Balaban J connectivity index is 1.95. The number of aromatic nitrogens is 1. The molecule has 7 nitrogen and oxygen atoms in total. The van der Waals surface area contributed by atoms with E-state index in [1.54, 1.807) is 36.5 Å². The summed E-state index contributed by atoms with van der Waals surface area (Å²) in [6, 6.07) is 12.5. The van der Waals surface area contributed by atoms with E-state index in [-0.39, 0.29) is 43.9 Å². The van der Waals surface area contributed by atoms with Gasteiger partial charge in [0, 0.05) is 23.8 Å². The molecule has 1 unspecified atom stereocenters.